The number of amides is 1. The van der Waals surface area contributed by atoms with Crippen molar-refractivity contribution in [3.8, 4) is 0 Å². The Morgan fingerprint density at radius 3 is 2.93 bits per heavy atom. The summed E-state index contributed by atoms with van der Waals surface area (Å²) < 4.78 is 9.97. The van der Waals surface area contributed by atoms with Gasteiger partial charge in [0.1, 0.15) is 0 Å². The van der Waals surface area contributed by atoms with Crippen molar-refractivity contribution in [3.05, 3.63) is 23.7 Å². The van der Waals surface area contributed by atoms with Crippen LogP contribution in [0, 0.1) is 6.92 Å². The lowest BCUT2D eigenvalue weighted by Gasteiger charge is -2.14. The largest absolute Gasteiger partial charge is 0.459 e. The highest BCUT2D eigenvalue weighted by Crippen LogP contribution is 2.08. The van der Waals surface area contributed by atoms with Gasteiger partial charge >= 0.3 is 0 Å². The molecule has 3 N–H and O–H groups in total. The van der Waals surface area contributed by atoms with Crippen LogP contribution in [0.25, 0.3) is 0 Å². The zero-order chi connectivity index (χ0) is 11.3. The number of furan rings is 1. The first-order valence-corrected chi connectivity index (χ1v) is 4.73. The Bertz CT molecular complexity index is 322. The van der Waals surface area contributed by atoms with Crippen LogP contribution in [0.4, 0.5) is 0 Å². The second-order valence-corrected chi connectivity index (χ2v) is 3.29. The zero-order valence-corrected chi connectivity index (χ0v) is 8.95. The summed E-state index contributed by atoms with van der Waals surface area (Å²) in [6.45, 7) is 2.54. The number of aryl methyl sites for hydroxylation is 1. The number of hydrogen-bond donors (Lipinski definition) is 2. The summed E-state index contributed by atoms with van der Waals surface area (Å²) in [6.07, 6.45) is 1.48. The minimum atomic E-state index is -0.259. The molecule has 0 bridgehead atoms. The van der Waals surface area contributed by atoms with E-state index in [-0.39, 0.29) is 11.9 Å². The van der Waals surface area contributed by atoms with Gasteiger partial charge < -0.3 is 20.2 Å². The molecule has 1 heterocycles. The quantitative estimate of drug-likeness (QED) is 0.735. The summed E-state index contributed by atoms with van der Waals surface area (Å²) >= 11 is 0. The fourth-order valence-electron chi connectivity index (χ4n) is 1.23. The van der Waals surface area contributed by atoms with Crippen molar-refractivity contribution in [3.63, 3.8) is 0 Å². The van der Waals surface area contributed by atoms with Crippen LogP contribution in [0.1, 0.15) is 16.1 Å². The number of ether oxygens (including phenoxy) is 1. The van der Waals surface area contributed by atoms with Crippen molar-refractivity contribution < 1.29 is 13.9 Å². The monoisotopic (exact) mass is 212 g/mol. The Labute approximate surface area is 88.6 Å². The zero-order valence-electron chi connectivity index (χ0n) is 8.95. The Balaban J connectivity index is 2.58. The molecule has 1 aromatic heterocycles. The molecule has 5 heteroatoms. The smallest absolute Gasteiger partial charge is 0.287 e. The first-order valence-electron chi connectivity index (χ1n) is 4.73. The van der Waals surface area contributed by atoms with Crippen molar-refractivity contribution >= 4 is 5.91 Å². The van der Waals surface area contributed by atoms with Crippen molar-refractivity contribution in [2.45, 2.75) is 13.0 Å². The highest BCUT2D eigenvalue weighted by molar-refractivity contribution is 5.92. The van der Waals surface area contributed by atoms with E-state index < -0.39 is 0 Å². The molecule has 0 radical (unpaired) electrons. The van der Waals surface area contributed by atoms with Crippen LogP contribution in [-0.4, -0.2) is 32.2 Å². The Hall–Kier alpha value is -1.33. The minimum absolute atomic E-state index is 0.188. The van der Waals surface area contributed by atoms with Gasteiger partial charge in [0.2, 0.25) is 0 Å². The summed E-state index contributed by atoms with van der Waals surface area (Å²) in [7, 11) is 1.56. The van der Waals surface area contributed by atoms with Crippen molar-refractivity contribution in [2.24, 2.45) is 5.73 Å². The predicted molar refractivity (Wildman–Crippen MR) is 55.6 cm³/mol. The van der Waals surface area contributed by atoms with E-state index in [0.29, 0.717) is 18.9 Å². The van der Waals surface area contributed by atoms with Crippen molar-refractivity contribution in [1.29, 1.82) is 0 Å². The van der Waals surface area contributed by atoms with Gasteiger partial charge in [-0.15, -0.1) is 0 Å². The lowest BCUT2D eigenvalue weighted by atomic mass is 10.2. The average Bonchev–Trinajstić information content (AvgIpc) is 2.63. The van der Waals surface area contributed by atoms with E-state index in [1.807, 2.05) is 6.92 Å². The van der Waals surface area contributed by atoms with Crippen LogP contribution in [0.3, 0.4) is 0 Å². The second-order valence-electron chi connectivity index (χ2n) is 3.29. The summed E-state index contributed by atoms with van der Waals surface area (Å²) in [5, 5.41) is 2.73. The SMILES string of the molecule is COCC(CN)NC(=O)c1occc1C. The number of carbonyl (C=O) groups is 1. The molecule has 0 aliphatic carbocycles. The van der Waals surface area contributed by atoms with E-state index in [9.17, 15) is 4.79 Å². The molecular weight excluding hydrogens is 196 g/mol. The van der Waals surface area contributed by atoms with Gasteiger partial charge in [-0.3, -0.25) is 4.79 Å². The van der Waals surface area contributed by atoms with E-state index in [4.69, 9.17) is 14.9 Å². The third kappa shape index (κ3) is 3.07. The van der Waals surface area contributed by atoms with Gasteiger partial charge in [0.15, 0.2) is 5.76 Å². The number of nitrogens with two attached hydrogens (primary N) is 1. The number of nitrogens with one attached hydrogen (secondary N) is 1. The van der Waals surface area contributed by atoms with Gasteiger partial charge in [-0.1, -0.05) is 0 Å². The molecule has 84 valence electrons. The number of hydrogen-bond acceptors (Lipinski definition) is 4. The highest BCUT2D eigenvalue weighted by Gasteiger charge is 2.16. The lowest BCUT2D eigenvalue weighted by Crippen LogP contribution is -2.43. The Morgan fingerprint density at radius 2 is 2.47 bits per heavy atom. The maximum Gasteiger partial charge on any atom is 0.287 e. The van der Waals surface area contributed by atoms with E-state index in [1.165, 1.54) is 6.26 Å². The first kappa shape index (κ1) is 11.7. The second kappa shape index (κ2) is 5.53. The van der Waals surface area contributed by atoms with Crippen molar-refractivity contribution in [1.82, 2.24) is 5.32 Å². The number of methoxy groups -OCH3 is 1. The van der Waals surface area contributed by atoms with E-state index in [1.54, 1.807) is 13.2 Å². The van der Waals surface area contributed by atoms with E-state index >= 15 is 0 Å². The number of carbonyl (C=O) groups excluding carboxylic acids is 1. The van der Waals surface area contributed by atoms with Crippen LogP contribution in [0.5, 0.6) is 0 Å². The molecule has 0 fully saturated rings. The van der Waals surface area contributed by atoms with Crippen LogP contribution >= 0.6 is 0 Å². The molecule has 0 saturated carbocycles. The third-order valence-electron chi connectivity index (χ3n) is 2.06. The molecule has 1 rings (SSSR count). The molecule has 1 atom stereocenters. The Morgan fingerprint density at radius 1 is 1.73 bits per heavy atom. The normalized spacial score (nSPS) is 12.5. The third-order valence-corrected chi connectivity index (χ3v) is 2.06. The molecule has 1 amide bonds. The van der Waals surface area contributed by atoms with Gasteiger partial charge in [-0.2, -0.15) is 0 Å². The standard InChI is InChI=1S/C10H16N2O3/c1-7-3-4-15-9(7)10(13)12-8(5-11)6-14-2/h3-4,8H,5-6,11H2,1-2H3,(H,12,13). The van der Waals surface area contributed by atoms with Gasteiger partial charge in [0.05, 0.1) is 18.9 Å². The number of rotatable bonds is 5. The molecule has 15 heavy (non-hydrogen) atoms. The Kier molecular flexibility index (Phi) is 4.33. The predicted octanol–water partition coefficient (Wildman–Crippen LogP) is 0.292. The van der Waals surface area contributed by atoms with Crippen LogP contribution in [0.15, 0.2) is 16.7 Å². The molecular formula is C10H16N2O3. The molecule has 5 nitrogen and oxygen atoms in total. The molecule has 0 aromatic carbocycles. The first-order chi connectivity index (χ1) is 7.19. The van der Waals surface area contributed by atoms with E-state index in [2.05, 4.69) is 5.32 Å². The highest BCUT2D eigenvalue weighted by atomic mass is 16.5. The molecule has 1 aromatic rings. The fraction of sp³-hybridized carbons (Fsp3) is 0.500. The van der Waals surface area contributed by atoms with E-state index in [0.717, 1.165) is 5.56 Å². The van der Waals surface area contributed by atoms with Gasteiger partial charge in [-0.25, -0.2) is 0 Å². The molecule has 0 saturated heterocycles. The summed E-state index contributed by atoms with van der Waals surface area (Å²) in [5.41, 5.74) is 6.28. The fourth-order valence-corrected chi connectivity index (χ4v) is 1.23. The minimum Gasteiger partial charge on any atom is -0.459 e. The molecule has 1 unspecified atom stereocenters. The molecule has 0 aliphatic rings. The van der Waals surface area contributed by atoms with Gasteiger partial charge in [0, 0.05) is 19.2 Å². The topological polar surface area (TPSA) is 77.5 Å². The van der Waals surface area contributed by atoms with Crippen LogP contribution < -0.4 is 11.1 Å². The average molecular weight is 212 g/mol. The summed E-state index contributed by atoms with van der Waals surface area (Å²) in [5.74, 6) is 0.0644. The van der Waals surface area contributed by atoms with Gasteiger partial charge in [0.25, 0.3) is 5.91 Å². The molecule has 0 spiro atoms. The lowest BCUT2D eigenvalue weighted by molar-refractivity contribution is 0.0872. The maximum atomic E-state index is 11.7. The maximum absolute atomic E-state index is 11.7. The van der Waals surface area contributed by atoms with Crippen molar-refractivity contribution in [2.75, 3.05) is 20.3 Å². The van der Waals surface area contributed by atoms with Gasteiger partial charge in [-0.05, 0) is 13.0 Å². The molecule has 0 aliphatic heterocycles. The summed E-state index contributed by atoms with van der Waals surface area (Å²) in [4.78, 5) is 11.7. The van der Waals surface area contributed by atoms with Crippen LogP contribution in [0.2, 0.25) is 0 Å². The summed E-state index contributed by atoms with van der Waals surface area (Å²) in [6, 6.07) is 1.55. The van der Waals surface area contributed by atoms with Crippen LogP contribution in [-0.2, 0) is 4.74 Å².